The Balaban J connectivity index is 1.19. The summed E-state index contributed by atoms with van der Waals surface area (Å²) in [7, 11) is 0. The van der Waals surface area contributed by atoms with E-state index in [2.05, 4.69) is 178 Å². The molecule has 0 N–H and O–H groups in total. The van der Waals surface area contributed by atoms with Crippen LogP contribution >= 0.6 is 0 Å². The van der Waals surface area contributed by atoms with Crippen LogP contribution in [0.4, 0.5) is 0 Å². The second-order valence-electron chi connectivity index (χ2n) is 13.0. The van der Waals surface area contributed by atoms with Gasteiger partial charge in [0.25, 0.3) is 0 Å². The van der Waals surface area contributed by atoms with Crippen LogP contribution in [-0.4, -0.2) is 14.5 Å². The minimum absolute atomic E-state index is 1.14. The van der Waals surface area contributed by atoms with E-state index in [-0.39, 0.29) is 0 Å². The highest BCUT2D eigenvalue weighted by Crippen LogP contribution is 2.41. The zero-order valence-electron chi connectivity index (χ0n) is 27.7. The number of nitrogens with zero attached hydrogens (tertiary/aromatic N) is 3. The molecule has 10 aromatic rings. The van der Waals surface area contributed by atoms with E-state index in [0.717, 1.165) is 5.69 Å². The number of para-hydroxylation sites is 1. The molecule has 0 radical (unpaired) electrons. The van der Waals surface area contributed by atoms with Crippen molar-refractivity contribution in [1.82, 2.24) is 14.5 Å². The van der Waals surface area contributed by atoms with Crippen molar-refractivity contribution >= 4 is 43.4 Å². The summed E-state index contributed by atoms with van der Waals surface area (Å²) in [5.41, 5.74) is 13.1. The van der Waals surface area contributed by atoms with E-state index in [1.807, 2.05) is 24.8 Å². The Kier molecular flexibility index (Phi) is 6.81. The van der Waals surface area contributed by atoms with Gasteiger partial charge in [-0.25, -0.2) is 0 Å². The molecule has 0 saturated carbocycles. The second-order valence-corrected chi connectivity index (χ2v) is 13.0. The van der Waals surface area contributed by atoms with Crippen molar-refractivity contribution in [3.05, 3.63) is 189 Å². The van der Waals surface area contributed by atoms with Gasteiger partial charge in [-0.15, -0.1) is 0 Å². The first-order valence-electron chi connectivity index (χ1n) is 17.3. The first kappa shape index (κ1) is 29.1. The average Bonchev–Trinajstić information content (AvgIpc) is 3.54. The second kappa shape index (κ2) is 11.9. The molecule has 238 valence electrons. The summed E-state index contributed by atoms with van der Waals surface area (Å²) in [5, 5.41) is 7.41. The standard InChI is InChI=1S/C48H31N3/c1-2-8-36(9-3-1)51-47-30-34(39-20-18-37(32-22-26-49-27-23-32)41-10-4-6-12-43(39)41)14-16-45(47)46-17-15-35(31-48(46)51)40-21-19-38(33-24-28-50-29-25-33)42-11-5-7-13-44(40)42/h1-31H. The monoisotopic (exact) mass is 649 g/mol. The van der Waals surface area contributed by atoms with Gasteiger partial charge >= 0.3 is 0 Å². The number of aromatic nitrogens is 3. The van der Waals surface area contributed by atoms with Crippen LogP contribution in [0.5, 0.6) is 0 Å². The SMILES string of the molecule is c1ccc(-n2c3cc(-c4ccc(-c5ccncc5)c5ccccc45)ccc3c3ccc(-c4ccc(-c5ccncc5)c5ccccc45)cc32)cc1. The molecule has 0 aliphatic rings. The zero-order valence-corrected chi connectivity index (χ0v) is 27.7. The quantitative estimate of drug-likeness (QED) is 0.186. The maximum Gasteiger partial charge on any atom is 0.0547 e. The fourth-order valence-corrected chi connectivity index (χ4v) is 7.88. The Morgan fingerprint density at radius 2 is 0.667 bits per heavy atom. The van der Waals surface area contributed by atoms with Crippen LogP contribution in [0.2, 0.25) is 0 Å². The third-order valence-corrected chi connectivity index (χ3v) is 10.2. The number of benzene rings is 7. The van der Waals surface area contributed by atoms with Gasteiger partial charge in [0.05, 0.1) is 11.0 Å². The zero-order chi connectivity index (χ0) is 33.7. The van der Waals surface area contributed by atoms with Crippen LogP contribution in [0.3, 0.4) is 0 Å². The number of pyridine rings is 2. The van der Waals surface area contributed by atoms with Gasteiger partial charge < -0.3 is 4.57 Å². The smallest absolute Gasteiger partial charge is 0.0547 e. The van der Waals surface area contributed by atoms with E-state index in [9.17, 15) is 0 Å². The van der Waals surface area contributed by atoms with Crippen LogP contribution in [0.15, 0.2) is 189 Å². The van der Waals surface area contributed by atoms with Crippen LogP contribution in [0.1, 0.15) is 0 Å². The van der Waals surface area contributed by atoms with Gasteiger partial charge in [-0.3, -0.25) is 9.97 Å². The van der Waals surface area contributed by atoms with Gasteiger partial charge in [0.15, 0.2) is 0 Å². The Hall–Kier alpha value is -6.84. The van der Waals surface area contributed by atoms with Crippen molar-refractivity contribution in [3.8, 4) is 50.2 Å². The molecule has 7 aromatic carbocycles. The molecule has 0 aliphatic heterocycles. The molecule has 0 unspecified atom stereocenters. The van der Waals surface area contributed by atoms with Crippen molar-refractivity contribution in [2.45, 2.75) is 0 Å². The Bertz CT molecular complexity index is 2710. The molecule has 0 spiro atoms. The van der Waals surface area contributed by atoms with Crippen molar-refractivity contribution in [3.63, 3.8) is 0 Å². The average molecular weight is 650 g/mol. The molecule has 0 bridgehead atoms. The highest BCUT2D eigenvalue weighted by atomic mass is 15.0. The first-order valence-corrected chi connectivity index (χ1v) is 17.3. The van der Waals surface area contributed by atoms with Crippen LogP contribution in [0, 0.1) is 0 Å². The van der Waals surface area contributed by atoms with E-state index in [1.54, 1.807) is 0 Å². The molecule has 3 heteroatoms. The van der Waals surface area contributed by atoms with Crippen molar-refractivity contribution in [1.29, 1.82) is 0 Å². The van der Waals surface area contributed by atoms with Gasteiger partial charge in [-0.05, 0) is 115 Å². The van der Waals surface area contributed by atoms with Crippen molar-refractivity contribution < 1.29 is 0 Å². The predicted octanol–water partition coefficient (Wildman–Crippen LogP) is 12.5. The summed E-state index contributed by atoms with van der Waals surface area (Å²) in [5.74, 6) is 0. The highest BCUT2D eigenvalue weighted by molar-refractivity contribution is 6.13. The first-order chi connectivity index (χ1) is 25.3. The van der Waals surface area contributed by atoms with Gasteiger partial charge in [-0.1, -0.05) is 115 Å². The summed E-state index contributed by atoms with van der Waals surface area (Å²) in [6.45, 7) is 0. The van der Waals surface area contributed by atoms with E-state index in [0.29, 0.717) is 0 Å². The van der Waals surface area contributed by atoms with Crippen molar-refractivity contribution in [2.24, 2.45) is 0 Å². The van der Waals surface area contributed by atoms with Crippen LogP contribution < -0.4 is 0 Å². The number of hydrogen-bond donors (Lipinski definition) is 0. The molecule has 51 heavy (non-hydrogen) atoms. The lowest BCUT2D eigenvalue weighted by Gasteiger charge is -2.14. The minimum Gasteiger partial charge on any atom is -0.309 e. The van der Waals surface area contributed by atoms with Gasteiger partial charge in [0.1, 0.15) is 0 Å². The maximum atomic E-state index is 4.24. The van der Waals surface area contributed by atoms with Crippen LogP contribution in [-0.2, 0) is 0 Å². The fourth-order valence-electron chi connectivity index (χ4n) is 7.88. The van der Waals surface area contributed by atoms with Gasteiger partial charge in [0.2, 0.25) is 0 Å². The molecule has 0 saturated heterocycles. The summed E-state index contributed by atoms with van der Waals surface area (Å²) in [4.78, 5) is 8.49. The third-order valence-electron chi connectivity index (χ3n) is 10.2. The molecule has 3 heterocycles. The lowest BCUT2D eigenvalue weighted by molar-refractivity contribution is 1.18. The normalized spacial score (nSPS) is 11.5. The number of hydrogen-bond acceptors (Lipinski definition) is 2. The molecule has 0 aliphatic carbocycles. The molecule has 10 rings (SSSR count). The van der Waals surface area contributed by atoms with Gasteiger partial charge in [0, 0.05) is 41.2 Å². The van der Waals surface area contributed by atoms with Gasteiger partial charge in [-0.2, -0.15) is 0 Å². The van der Waals surface area contributed by atoms with Crippen molar-refractivity contribution in [2.75, 3.05) is 0 Å². The van der Waals surface area contributed by atoms with E-state index < -0.39 is 0 Å². The lowest BCUT2D eigenvalue weighted by atomic mass is 9.91. The largest absolute Gasteiger partial charge is 0.309 e. The topological polar surface area (TPSA) is 30.7 Å². The Labute approximate surface area is 295 Å². The summed E-state index contributed by atoms with van der Waals surface area (Å²) >= 11 is 0. The van der Waals surface area contributed by atoms with E-state index >= 15 is 0 Å². The molecule has 3 aromatic heterocycles. The van der Waals surface area contributed by atoms with E-state index in [4.69, 9.17) is 0 Å². The maximum absolute atomic E-state index is 4.24. The predicted molar refractivity (Wildman–Crippen MR) is 213 cm³/mol. The molecule has 0 amide bonds. The van der Waals surface area contributed by atoms with E-state index in [1.165, 1.54) is 87.9 Å². The summed E-state index contributed by atoms with van der Waals surface area (Å²) in [6, 6.07) is 59.5. The molecule has 0 fully saturated rings. The number of rotatable bonds is 5. The fraction of sp³-hybridized carbons (Fsp3) is 0. The molecule has 0 atom stereocenters. The highest BCUT2D eigenvalue weighted by Gasteiger charge is 2.17. The molecular weight excluding hydrogens is 619 g/mol. The lowest BCUT2D eigenvalue weighted by Crippen LogP contribution is -1.94. The molecular formula is C48H31N3. The Morgan fingerprint density at radius 1 is 0.294 bits per heavy atom. The molecule has 3 nitrogen and oxygen atoms in total. The Morgan fingerprint density at radius 3 is 1.08 bits per heavy atom. The summed E-state index contributed by atoms with van der Waals surface area (Å²) < 4.78 is 2.43. The summed E-state index contributed by atoms with van der Waals surface area (Å²) in [6.07, 6.45) is 7.44. The minimum atomic E-state index is 1.14. The number of fused-ring (bicyclic) bond motifs is 5. The van der Waals surface area contributed by atoms with Crippen LogP contribution in [0.25, 0.3) is 93.5 Å². The third kappa shape index (κ3) is 4.82.